The van der Waals surface area contributed by atoms with E-state index < -0.39 is 0 Å². The molecule has 0 aliphatic heterocycles. The van der Waals surface area contributed by atoms with E-state index in [0.717, 1.165) is 19.4 Å². The first kappa shape index (κ1) is 13.0. The first-order chi connectivity index (χ1) is 8.88. The molecule has 0 unspecified atom stereocenters. The summed E-state index contributed by atoms with van der Waals surface area (Å²) in [6.45, 7) is 1.02. The predicted octanol–water partition coefficient (Wildman–Crippen LogP) is 4.45. The highest BCUT2D eigenvalue weighted by atomic mass is 32.2. The van der Waals surface area contributed by atoms with Crippen LogP contribution < -0.4 is 5.32 Å². The van der Waals surface area contributed by atoms with E-state index in [9.17, 15) is 0 Å². The monoisotopic (exact) mass is 257 g/mol. The predicted molar refractivity (Wildman–Crippen MR) is 81.5 cm³/mol. The maximum Gasteiger partial charge on any atom is 0.0351 e. The van der Waals surface area contributed by atoms with Gasteiger partial charge in [-0.1, -0.05) is 36.4 Å². The molecule has 0 radical (unpaired) electrons. The van der Waals surface area contributed by atoms with Crippen molar-refractivity contribution in [2.75, 3.05) is 18.1 Å². The third kappa shape index (κ3) is 4.11. The van der Waals surface area contributed by atoms with Crippen molar-refractivity contribution < 1.29 is 0 Å². The maximum atomic E-state index is 3.48. The highest BCUT2D eigenvalue weighted by molar-refractivity contribution is 7.98. The van der Waals surface area contributed by atoms with Gasteiger partial charge in [0.05, 0.1) is 0 Å². The van der Waals surface area contributed by atoms with E-state index in [1.54, 1.807) is 11.8 Å². The Kier molecular flexibility index (Phi) is 5.15. The summed E-state index contributed by atoms with van der Waals surface area (Å²) in [6.07, 6.45) is 4.40. The molecule has 0 heterocycles. The van der Waals surface area contributed by atoms with E-state index in [1.807, 2.05) is 0 Å². The van der Waals surface area contributed by atoms with E-state index in [0.29, 0.717) is 0 Å². The molecule has 0 spiro atoms. The van der Waals surface area contributed by atoms with Gasteiger partial charge in [-0.2, -0.15) is 0 Å². The number of nitrogens with one attached hydrogen (secondary N) is 1. The second-order valence-electron chi connectivity index (χ2n) is 4.25. The van der Waals surface area contributed by atoms with Crippen LogP contribution in [0.1, 0.15) is 12.0 Å². The van der Waals surface area contributed by atoms with Gasteiger partial charge in [0.15, 0.2) is 0 Å². The lowest BCUT2D eigenvalue weighted by Crippen LogP contribution is -2.02. The van der Waals surface area contributed by atoms with Crippen LogP contribution in [0, 0.1) is 0 Å². The topological polar surface area (TPSA) is 12.0 Å². The Balaban J connectivity index is 1.75. The highest BCUT2D eigenvalue weighted by Gasteiger charge is 1.95. The zero-order valence-electron chi connectivity index (χ0n) is 10.7. The highest BCUT2D eigenvalue weighted by Crippen LogP contribution is 2.18. The maximum absolute atomic E-state index is 3.48. The van der Waals surface area contributed by atoms with E-state index in [1.165, 1.54) is 16.1 Å². The van der Waals surface area contributed by atoms with Crippen LogP contribution in [0.2, 0.25) is 0 Å². The van der Waals surface area contributed by atoms with E-state index in [-0.39, 0.29) is 0 Å². The summed E-state index contributed by atoms with van der Waals surface area (Å²) in [5, 5.41) is 3.48. The third-order valence-electron chi connectivity index (χ3n) is 2.88. The molecule has 0 aliphatic rings. The van der Waals surface area contributed by atoms with Gasteiger partial charge in [0.1, 0.15) is 0 Å². The Morgan fingerprint density at radius 3 is 2.61 bits per heavy atom. The fourth-order valence-corrected chi connectivity index (χ4v) is 2.36. The second kappa shape index (κ2) is 7.12. The minimum absolute atomic E-state index is 1.02. The van der Waals surface area contributed by atoms with Crippen LogP contribution in [0.5, 0.6) is 0 Å². The minimum atomic E-state index is 1.02. The molecule has 2 rings (SSSR count). The van der Waals surface area contributed by atoms with Gasteiger partial charge in [-0.3, -0.25) is 0 Å². The van der Waals surface area contributed by atoms with Gasteiger partial charge in [0.2, 0.25) is 0 Å². The van der Waals surface area contributed by atoms with E-state index in [2.05, 4.69) is 66.2 Å². The fraction of sp³-hybridized carbons (Fsp3) is 0.250. The number of aryl methyl sites for hydroxylation is 1. The number of hydrogen-bond acceptors (Lipinski definition) is 2. The van der Waals surface area contributed by atoms with Gasteiger partial charge in [-0.05, 0) is 42.9 Å². The lowest BCUT2D eigenvalue weighted by Gasteiger charge is -2.07. The summed E-state index contributed by atoms with van der Waals surface area (Å²) in [5.74, 6) is 0. The fourth-order valence-electron chi connectivity index (χ4n) is 1.90. The van der Waals surface area contributed by atoms with Gasteiger partial charge >= 0.3 is 0 Å². The number of benzene rings is 2. The standard InChI is InChI=1S/C16H19NS/c1-18-16-11-5-10-15(13-16)17-12-6-9-14-7-3-2-4-8-14/h2-5,7-8,10-11,13,17H,6,9,12H2,1H3. The summed E-state index contributed by atoms with van der Waals surface area (Å²) >= 11 is 1.78. The minimum Gasteiger partial charge on any atom is -0.385 e. The Hall–Kier alpha value is -1.41. The average Bonchev–Trinajstić information content (AvgIpc) is 2.45. The Morgan fingerprint density at radius 2 is 1.83 bits per heavy atom. The van der Waals surface area contributed by atoms with Crippen molar-refractivity contribution >= 4 is 17.4 Å². The molecule has 0 aliphatic carbocycles. The Labute approximate surface area is 114 Å². The molecule has 0 amide bonds. The lowest BCUT2D eigenvalue weighted by atomic mass is 10.1. The number of thioether (sulfide) groups is 1. The van der Waals surface area contributed by atoms with E-state index >= 15 is 0 Å². The van der Waals surface area contributed by atoms with Crippen molar-refractivity contribution in [1.29, 1.82) is 0 Å². The summed E-state index contributed by atoms with van der Waals surface area (Å²) in [6, 6.07) is 19.2. The van der Waals surface area contributed by atoms with Crippen molar-refractivity contribution in [3.8, 4) is 0 Å². The first-order valence-corrected chi connectivity index (χ1v) is 7.53. The Bertz CT molecular complexity index is 468. The van der Waals surface area contributed by atoms with Gasteiger partial charge in [0.25, 0.3) is 0 Å². The smallest absolute Gasteiger partial charge is 0.0351 e. The van der Waals surface area contributed by atoms with Crippen LogP contribution in [-0.2, 0) is 6.42 Å². The van der Waals surface area contributed by atoms with Gasteiger partial charge in [0, 0.05) is 17.1 Å². The van der Waals surface area contributed by atoms with E-state index in [4.69, 9.17) is 0 Å². The van der Waals surface area contributed by atoms with Crippen LogP contribution >= 0.6 is 11.8 Å². The molecule has 0 atom stereocenters. The summed E-state index contributed by atoms with van der Waals surface area (Å²) in [7, 11) is 0. The Morgan fingerprint density at radius 1 is 1.00 bits per heavy atom. The molecule has 1 N–H and O–H groups in total. The number of rotatable bonds is 6. The summed E-state index contributed by atoms with van der Waals surface area (Å²) in [5.41, 5.74) is 2.63. The largest absolute Gasteiger partial charge is 0.385 e. The van der Waals surface area contributed by atoms with Crippen molar-refractivity contribution in [1.82, 2.24) is 0 Å². The molecule has 2 aromatic carbocycles. The molecule has 18 heavy (non-hydrogen) atoms. The zero-order chi connectivity index (χ0) is 12.6. The van der Waals surface area contributed by atoms with Crippen LogP contribution in [0.4, 0.5) is 5.69 Å². The first-order valence-electron chi connectivity index (χ1n) is 6.30. The molecule has 2 aromatic rings. The van der Waals surface area contributed by atoms with Crippen molar-refractivity contribution in [2.24, 2.45) is 0 Å². The van der Waals surface area contributed by atoms with Crippen molar-refractivity contribution in [3.63, 3.8) is 0 Å². The molecule has 2 heteroatoms. The van der Waals surface area contributed by atoms with Crippen LogP contribution in [-0.4, -0.2) is 12.8 Å². The number of anilines is 1. The summed E-state index contributed by atoms with van der Waals surface area (Å²) < 4.78 is 0. The molecule has 0 saturated carbocycles. The molecule has 1 nitrogen and oxygen atoms in total. The molecular weight excluding hydrogens is 238 g/mol. The normalized spacial score (nSPS) is 10.3. The molecule has 94 valence electrons. The van der Waals surface area contributed by atoms with Crippen molar-refractivity contribution in [3.05, 3.63) is 60.2 Å². The molecule has 0 fully saturated rings. The second-order valence-corrected chi connectivity index (χ2v) is 5.13. The van der Waals surface area contributed by atoms with Gasteiger partial charge < -0.3 is 5.32 Å². The van der Waals surface area contributed by atoms with Gasteiger partial charge in [-0.15, -0.1) is 11.8 Å². The molecule has 0 aromatic heterocycles. The molecular formula is C16H19NS. The SMILES string of the molecule is CSc1cccc(NCCCc2ccccc2)c1. The number of hydrogen-bond donors (Lipinski definition) is 1. The lowest BCUT2D eigenvalue weighted by molar-refractivity contribution is 0.863. The van der Waals surface area contributed by atoms with Crippen LogP contribution in [0.3, 0.4) is 0 Å². The third-order valence-corrected chi connectivity index (χ3v) is 3.61. The van der Waals surface area contributed by atoms with Crippen LogP contribution in [0.15, 0.2) is 59.5 Å². The average molecular weight is 257 g/mol. The molecule has 0 saturated heterocycles. The summed E-state index contributed by atoms with van der Waals surface area (Å²) in [4.78, 5) is 1.31. The molecule has 0 bridgehead atoms. The van der Waals surface area contributed by atoms with Gasteiger partial charge in [-0.25, -0.2) is 0 Å². The quantitative estimate of drug-likeness (QED) is 0.606. The van der Waals surface area contributed by atoms with Crippen LogP contribution in [0.25, 0.3) is 0 Å². The van der Waals surface area contributed by atoms with Crippen molar-refractivity contribution in [2.45, 2.75) is 17.7 Å². The zero-order valence-corrected chi connectivity index (χ0v) is 11.5.